The van der Waals surface area contributed by atoms with Gasteiger partial charge in [0.2, 0.25) is 5.96 Å². The molecule has 0 aromatic heterocycles. The fourth-order valence-corrected chi connectivity index (χ4v) is 3.48. The van der Waals surface area contributed by atoms with Gasteiger partial charge in [0.05, 0.1) is 4.90 Å². The zero-order valence-corrected chi connectivity index (χ0v) is 13.2. The molecule has 2 aliphatic rings. The summed E-state index contributed by atoms with van der Waals surface area (Å²) in [6, 6.07) is 11.7. The van der Waals surface area contributed by atoms with Gasteiger partial charge in [-0.1, -0.05) is 23.7 Å². The number of halogens is 1. The van der Waals surface area contributed by atoms with Crippen LogP contribution in [0.3, 0.4) is 0 Å². The van der Waals surface area contributed by atoms with Crippen molar-refractivity contribution in [3.05, 3.63) is 47.0 Å². The van der Waals surface area contributed by atoms with Crippen molar-refractivity contribution in [3.8, 4) is 5.75 Å². The van der Waals surface area contributed by atoms with Crippen LogP contribution in [-0.2, 0) is 0 Å². The first-order chi connectivity index (χ1) is 10.7. The van der Waals surface area contributed by atoms with Crippen molar-refractivity contribution in [2.45, 2.75) is 23.7 Å². The largest absolute Gasteiger partial charge is 0.506 e. The van der Waals surface area contributed by atoms with Crippen molar-refractivity contribution in [1.82, 2.24) is 4.72 Å². The number of guanidine groups is 1. The third-order valence-corrected chi connectivity index (χ3v) is 4.74. The Kier molecular flexibility index (Phi) is 3.39. The summed E-state index contributed by atoms with van der Waals surface area (Å²) in [5.41, 5.74) is 2.89. The van der Waals surface area contributed by atoms with Crippen LogP contribution >= 0.6 is 23.5 Å². The van der Waals surface area contributed by atoms with Gasteiger partial charge in [-0.3, -0.25) is 4.72 Å². The van der Waals surface area contributed by atoms with Crippen LogP contribution in [0, 0.1) is 0 Å². The van der Waals surface area contributed by atoms with Crippen molar-refractivity contribution >= 4 is 40.9 Å². The van der Waals surface area contributed by atoms with Gasteiger partial charge in [0.1, 0.15) is 11.4 Å². The second-order valence-electron chi connectivity index (χ2n) is 5.46. The SMILES string of the molecule is Oc1cc(Cl)cc2c1N=C(Nc1cccc(C3CC3)c1)NS2. The summed E-state index contributed by atoms with van der Waals surface area (Å²) in [5, 5.41) is 13.7. The molecule has 4 nitrogen and oxygen atoms in total. The number of hydrogen-bond donors (Lipinski definition) is 3. The minimum absolute atomic E-state index is 0.0857. The van der Waals surface area contributed by atoms with Gasteiger partial charge in [-0.2, -0.15) is 0 Å². The van der Waals surface area contributed by atoms with Gasteiger partial charge < -0.3 is 10.4 Å². The summed E-state index contributed by atoms with van der Waals surface area (Å²) in [7, 11) is 0. The van der Waals surface area contributed by atoms with Crippen molar-refractivity contribution in [3.63, 3.8) is 0 Å². The molecule has 0 radical (unpaired) electrons. The molecule has 1 heterocycles. The number of nitrogens with zero attached hydrogens (tertiary/aromatic N) is 1. The van der Waals surface area contributed by atoms with Crippen molar-refractivity contribution in [2.24, 2.45) is 4.99 Å². The molecule has 2 aromatic carbocycles. The van der Waals surface area contributed by atoms with Crippen LogP contribution in [0.25, 0.3) is 0 Å². The second kappa shape index (κ2) is 5.41. The highest BCUT2D eigenvalue weighted by Gasteiger charge is 2.23. The first-order valence-corrected chi connectivity index (χ1v) is 8.29. The maximum Gasteiger partial charge on any atom is 0.211 e. The molecule has 22 heavy (non-hydrogen) atoms. The Bertz CT molecular complexity index is 774. The minimum atomic E-state index is 0.0857. The van der Waals surface area contributed by atoms with Crippen LogP contribution in [0.5, 0.6) is 5.75 Å². The van der Waals surface area contributed by atoms with Gasteiger partial charge in [0.25, 0.3) is 0 Å². The molecule has 0 bridgehead atoms. The highest BCUT2D eigenvalue weighted by molar-refractivity contribution is 7.98. The Hall–Kier alpha value is -1.85. The smallest absolute Gasteiger partial charge is 0.211 e. The zero-order chi connectivity index (χ0) is 15.1. The monoisotopic (exact) mass is 331 g/mol. The number of anilines is 1. The van der Waals surface area contributed by atoms with Gasteiger partial charge in [-0.15, -0.1) is 0 Å². The van der Waals surface area contributed by atoms with Gasteiger partial charge in [0, 0.05) is 16.8 Å². The Morgan fingerprint density at radius 2 is 2.14 bits per heavy atom. The number of nitrogens with one attached hydrogen (secondary N) is 2. The van der Waals surface area contributed by atoms with Crippen LogP contribution < -0.4 is 10.0 Å². The van der Waals surface area contributed by atoms with Gasteiger partial charge in [-0.05, 0) is 54.5 Å². The number of aromatic hydroxyl groups is 1. The van der Waals surface area contributed by atoms with Crippen LogP contribution in [0.4, 0.5) is 11.4 Å². The molecular weight excluding hydrogens is 318 g/mol. The standard InChI is InChI=1S/C16H14ClN3OS/c17-11-7-13(21)15-14(8-11)22-20-16(19-15)18-12-3-1-2-10(6-12)9-4-5-9/h1-3,6-9,21H,4-5H2,(H2,18,19,20). The number of phenols is 1. The first-order valence-electron chi connectivity index (χ1n) is 7.10. The van der Waals surface area contributed by atoms with Crippen LogP contribution in [0.1, 0.15) is 24.3 Å². The molecular formula is C16H14ClN3OS. The normalized spacial score (nSPS) is 16.5. The van der Waals surface area contributed by atoms with Crippen molar-refractivity contribution in [2.75, 3.05) is 5.32 Å². The van der Waals surface area contributed by atoms with E-state index in [2.05, 4.69) is 33.2 Å². The molecule has 3 N–H and O–H groups in total. The van der Waals surface area contributed by atoms with E-state index >= 15 is 0 Å². The van der Waals surface area contributed by atoms with E-state index in [1.54, 1.807) is 6.07 Å². The van der Waals surface area contributed by atoms with E-state index in [1.807, 2.05) is 6.07 Å². The number of rotatable bonds is 2. The van der Waals surface area contributed by atoms with Crippen molar-refractivity contribution in [1.29, 1.82) is 0 Å². The van der Waals surface area contributed by atoms with Gasteiger partial charge in [0.15, 0.2) is 0 Å². The molecule has 0 atom stereocenters. The lowest BCUT2D eigenvalue weighted by Crippen LogP contribution is -2.26. The number of aliphatic imine (C=N–C) groups is 1. The highest BCUT2D eigenvalue weighted by Crippen LogP contribution is 2.42. The Labute approximate surface area is 137 Å². The number of fused-ring (bicyclic) bond motifs is 1. The molecule has 1 aliphatic heterocycles. The number of benzene rings is 2. The molecule has 4 rings (SSSR count). The number of hydrogen-bond acceptors (Lipinski definition) is 5. The lowest BCUT2D eigenvalue weighted by atomic mass is 10.1. The second-order valence-corrected chi connectivity index (χ2v) is 6.75. The predicted molar refractivity (Wildman–Crippen MR) is 91.2 cm³/mol. The third kappa shape index (κ3) is 2.74. The fourth-order valence-electron chi connectivity index (χ4n) is 2.47. The van der Waals surface area contributed by atoms with Gasteiger partial charge in [-0.25, -0.2) is 4.99 Å². The third-order valence-electron chi connectivity index (χ3n) is 3.70. The van der Waals surface area contributed by atoms with Crippen LogP contribution in [0.2, 0.25) is 5.02 Å². The van der Waals surface area contributed by atoms with E-state index in [4.69, 9.17) is 11.6 Å². The van der Waals surface area contributed by atoms with Gasteiger partial charge >= 0.3 is 0 Å². The van der Waals surface area contributed by atoms with E-state index in [9.17, 15) is 5.11 Å². The topological polar surface area (TPSA) is 56.7 Å². The lowest BCUT2D eigenvalue weighted by molar-refractivity contribution is 0.475. The maximum atomic E-state index is 9.99. The van der Waals surface area contributed by atoms with E-state index in [1.165, 1.54) is 36.4 Å². The highest BCUT2D eigenvalue weighted by atomic mass is 35.5. The molecule has 0 unspecified atom stereocenters. The molecule has 0 saturated heterocycles. The van der Waals surface area contributed by atoms with Crippen LogP contribution in [0.15, 0.2) is 46.3 Å². The molecule has 112 valence electrons. The summed E-state index contributed by atoms with van der Waals surface area (Å²) in [6.07, 6.45) is 2.56. The molecule has 0 spiro atoms. The Morgan fingerprint density at radius 1 is 1.27 bits per heavy atom. The predicted octanol–water partition coefficient (Wildman–Crippen LogP) is 4.63. The summed E-state index contributed by atoms with van der Waals surface area (Å²) < 4.78 is 3.13. The average Bonchev–Trinajstić information content (AvgIpc) is 3.33. The quantitative estimate of drug-likeness (QED) is 0.702. The molecule has 1 saturated carbocycles. The zero-order valence-electron chi connectivity index (χ0n) is 11.6. The van der Waals surface area contributed by atoms with E-state index < -0.39 is 0 Å². The first kappa shape index (κ1) is 13.8. The molecule has 0 amide bonds. The van der Waals surface area contributed by atoms with Crippen LogP contribution in [-0.4, -0.2) is 11.1 Å². The Morgan fingerprint density at radius 3 is 2.95 bits per heavy atom. The molecule has 2 aromatic rings. The summed E-state index contributed by atoms with van der Waals surface area (Å²) in [6.45, 7) is 0. The van der Waals surface area contributed by atoms with E-state index in [-0.39, 0.29) is 5.75 Å². The summed E-state index contributed by atoms with van der Waals surface area (Å²) in [5.74, 6) is 1.40. The molecule has 6 heteroatoms. The lowest BCUT2D eigenvalue weighted by Gasteiger charge is -2.19. The van der Waals surface area contributed by atoms with Crippen molar-refractivity contribution < 1.29 is 5.11 Å². The minimum Gasteiger partial charge on any atom is -0.506 e. The van der Waals surface area contributed by atoms with E-state index in [0.29, 0.717) is 22.6 Å². The maximum absolute atomic E-state index is 9.99. The fraction of sp³-hybridized carbons (Fsp3) is 0.188. The number of phenolic OH excluding ortho intramolecular Hbond substituents is 1. The average molecular weight is 332 g/mol. The summed E-state index contributed by atoms with van der Waals surface area (Å²) >= 11 is 7.32. The Balaban J connectivity index is 1.61. The molecule has 1 fully saturated rings. The summed E-state index contributed by atoms with van der Waals surface area (Å²) in [4.78, 5) is 5.24. The van der Waals surface area contributed by atoms with E-state index in [0.717, 1.165) is 10.6 Å². The molecule has 1 aliphatic carbocycles.